The van der Waals surface area contributed by atoms with Crippen LogP contribution in [-0.2, 0) is 16.2 Å². The molecule has 0 heterocycles. The minimum atomic E-state index is -0.164. The Hall–Kier alpha value is -3.33. The second-order valence-corrected chi connectivity index (χ2v) is 11.0. The van der Waals surface area contributed by atoms with Gasteiger partial charge in [0.05, 0.1) is 0 Å². The number of rotatable bonds is 6. The van der Waals surface area contributed by atoms with E-state index in [0.717, 1.165) is 90.8 Å². The highest BCUT2D eigenvalue weighted by Crippen LogP contribution is 2.71. The Kier molecular flexibility index (Phi) is 4.74. The van der Waals surface area contributed by atoms with Gasteiger partial charge in [0.25, 0.3) is 0 Å². The second-order valence-electron chi connectivity index (χ2n) is 11.0. The predicted octanol–water partition coefficient (Wildman–Crippen LogP) is 6.24. The quantitative estimate of drug-likeness (QED) is 0.420. The third kappa shape index (κ3) is 2.92. The first-order valence-electron chi connectivity index (χ1n) is 12.2. The van der Waals surface area contributed by atoms with Gasteiger partial charge in [-0.3, -0.25) is 14.4 Å². The first-order valence-corrected chi connectivity index (χ1v) is 12.2. The summed E-state index contributed by atoms with van der Waals surface area (Å²) in [6, 6.07) is 24.1. The fraction of sp³-hybridized carbons (Fsp3) is 0.323. The minimum absolute atomic E-state index is 0.164. The standard InChI is InChI=1S/C31H28O3/c32-16-23-7-1-4-10-26(23)29-13-22-14-30(19-29,27-11-5-2-8-24(27)17-33)21-31(15-22,20-29)28-12-6-3-9-25(28)18-34/h1-12,16-18,22H,13-15,19-21H2. The maximum absolute atomic E-state index is 12.1. The zero-order chi connectivity index (χ0) is 23.4. The molecule has 0 N–H and O–H groups in total. The molecule has 0 unspecified atom stereocenters. The maximum atomic E-state index is 12.1. The van der Waals surface area contributed by atoms with Crippen molar-refractivity contribution in [3.8, 4) is 0 Å². The largest absolute Gasteiger partial charge is 0.298 e. The second kappa shape index (κ2) is 7.59. The van der Waals surface area contributed by atoms with Crippen molar-refractivity contribution in [2.24, 2.45) is 5.92 Å². The van der Waals surface area contributed by atoms with Crippen LogP contribution in [0.5, 0.6) is 0 Å². The number of carbonyl (C=O) groups is 3. The van der Waals surface area contributed by atoms with E-state index < -0.39 is 0 Å². The molecule has 4 bridgehead atoms. The summed E-state index contributed by atoms with van der Waals surface area (Å²) in [6.07, 6.45) is 8.91. The van der Waals surface area contributed by atoms with E-state index in [1.54, 1.807) is 0 Å². The van der Waals surface area contributed by atoms with Gasteiger partial charge in [-0.15, -0.1) is 0 Å². The molecule has 0 aromatic heterocycles. The molecule has 4 saturated carbocycles. The van der Waals surface area contributed by atoms with Crippen LogP contribution in [-0.4, -0.2) is 18.9 Å². The first kappa shape index (κ1) is 21.2. The molecule has 3 aromatic rings. The van der Waals surface area contributed by atoms with E-state index in [4.69, 9.17) is 0 Å². The van der Waals surface area contributed by atoms with Gasteiger partial charge in [0.2, 0.25) is 0 Å². The Bertz CT molecular complexity index is 1140. The molecule has 0 aliphatic heterocycles. The maximum Gasteiger partial charge on any atom is 0.150 e. The van der Waals surface area contributed by atoms with E-state index in [0.29, 0.717) is 5.92 Å². The zero-order valence-electron chi connectivity index (χ0n) is 19.2. The lowest BCUT2D eigenvalue weighted by Gasteiger charge is -2.67. The highest BCUT2D eigenvalue weighted by molar-refractivity contribution is 5.81. The van der Waals surface area contributed by atoms with Crippen molar-refractivity contribution in [3.05, 3.63) is 106 Å². The molecule has 0 amide bonds. The monoisotopic (exact) mass is 448 g/mol. The van der Waals surface area contributed by atoms with Crippen molar-refractivity contribution in [1.82, 2.24) is 0 Å². The normalized spacial score (nSPS) is 31.2. The summed E-state index contributed by atoms with van der Waals surface area (Å²) in [4.78, 5) is 36.4. The molecule has 4 aliphatic rings. The van der Waals surface area contributed by atoms with Crippen molar-refractivity contribution >= 4 is 18.9 Å². The van der Waals surface area contributed by atoms with Crippen LogP contribution in [0.2, 0.25) is 0 Å². The fourth-order valence-corrected chi connectivity index (χ4v) is 8.59. The highest BCUT2D eigenvalue weighted by atomic mass is 16.1. The number of carbonyl (C=O) groups excluding carboxylic acids is 3. The average Bonchev–Trinajstić information content (AvgIpc) is 2.88. The van der Waals surface area contributed by atoms with E-state index in [2.05, 4.69) is 18.2 Å². The van der Waals surface area contributed by atoms with Gasteiger partial charge in [0.1, 0.15) is 18.9 Å². The number of benzene rings is 3. The average molecular weight is 449 g/mol. The van der Waals surface area contributed by atoms with Crippen LogP contribution in [0, 0.1) is 5.92 Å². The molecule has 3 heteroatoms. The van der Waals surface area contributed by atoms with Crippen molar-refractivity contribution in [3.63, 3.8) is 0 Å². The van der Waals surface area contributed by atoms with E-state index in [1.165, 1.54) is 0 Å². The summed E-state index contributed by atoms with van der Waals surface area (Å²) in [7, 11) is 0. The molecule has 0 atom stereocenters. The molecule has 3 aromatic carbocycles. The Morgan fingerprint density at radius 2 is 0.794 bits per heavy atom. The predicted molar refractivity (Wildman–Crippen MR) is 132 cm³/mol. The van der Waals surface area contributed by atoms with E-state index in [9.17, 15) is 14.4 Å². The van der Waals surface area contributed by atoms with Gasteiger partial charge in [-0.1, -0.05) is 72.8 Å². The van der Waals surface area contributed by atoms with E-state index >= 15 is 0 Å². The Morgan fingerprint density at radius 3 is 1.09 bits per heavy atom. The Labute approximate surface area is 200 Å². The first-order chi connectivity index (χ1) is 16.6. The molecule has 170 valence electrons. The van der Waals surface area contributed by atoms with Gasteiger partial charge in [-0.05, 0) is 77.4 Å². The Balaban J connectivity index is 1.63. The molecule has 0 radical (unpaired) electrons. The smallest absolute Gasteiger partial charge is 0.150 e. The lowest BCUT2D eigenvalue weighted by atomic mass is 9.36. The van der Waals surface area contributed by atoms with Gasteiger partial charge in [-0.25, -0.2) is 0 Å². The number of hydrogen-bond donors (Lipinski definition) is 0. The third-order valence-corrected chi connectivity index (χ3v) is 9.05. The van der Waals surface area contributed by atoms with Crippen LogP contribution in [0.4, 0.5) is 0 Å². The topological polar surface area (TPSA) is 51.2 Å². The summed E-state index contributed by atoms with van der Waals surface area (Å²) in [5, 5.41) is 0. The van der Waals surface area contributed by atoms with Crippen LogP contribution in [0.15, 0.2) is 72.8 Å². The van der Waals surface area contributed by atoms with Crippen LogP contribution < -0.4 is 0 Å². The van der Waals surface area contributed by atoms with Crippen molar-refractivity contribution < 1.29 is 14.4 Å². The zero-order valence-corrected chi connectivity index (χ0v) is 19.2. The summed E-state index contributed by atoms with van der Waals surface area (Å²) >= 11 is 0. The molecule has 0 spiro atoms. The SMILES string of the molecule is O=Cc1ccccc1C12CC3CC(c4ccccc4C=O)(C1)CC(c1ccccc1C=O)(C3)C2. The van der Waals surface area contributed by atoms with Crippen LogP contribution in [0.3, 0.4) is 0 Å². The van der Waals surface area contributed by atoms with Crippen molar-refractivity contribution in [1.29, 1.82) is 0 Å². The molecule has 4 aliphatic carbocycles. The van der Waals surface area contributed by atoms with Crippen LogP contribution in [0.25, 0.3) is 0 Å². The molecular formula is C31H28O3. The van der Waals surface area contributed by atoms with Gasteiger partial charge < -0.3 is 0 Å². The number of aldehydes is 3. The minimum Gasteiger partial charge on any atom is -0.298 e. The third-order valence-electron chi connectivity index (χ3n) is 9.05. The lowest BCUT2D eigenvalue weighted by Crippen LogP contribution is -2.62. The lowest BCUT2D eigenvalue weighted by molar-refractivity contribution is -0.0498. The van der Waals surface area contributed by atoms with Crippen molar-refractivity contribution in [2.75, 3.05) is 0 Å². The molecule has 34 heavy (non-hydrogen) atoms. The van der Waals surface area contributed by atoms with Crippen molar-refractivity contribution in [2.45, 2.75) is 54.8 Å². The molecule has 0 saturated heterocycles. The Morgan fingerprint density at radius 1 is 0.500 bits per heavy atom. The van der Waals surface area contributed by atoms with Crippen LogP contribution >= 0.6 is 0 Å². The molecular weight excluding hydrogens is 420 g/mol. The van der Waals surface area contributed by atoms with Gasteiger partial charge in [-0.2, -0.15) is 0 Å². The summed E-state index contributed by atoms with van der Waals surface area (Å²) < 4.78 is 0. The highest BCUT2D eigenvalue weighted by Gasteiger charge is 2.65. The van der Waals surface area contributed by atoms with Crippen LogP contribution in [0.1, 0.15) is 86.3 Å². The van der Waals surface area contributed by atoms with E-state index in [-0.39, 0.29) is 16.2 Å². The molecule has 3 nitrogen and oxygen atoms in total. The van der Waals surface area contributed by atoms with Gasteiger partial charge in [0.15, 0.2) is 0 Å². The molecule has 4 fully saturated rings. The van der Waals surface area contributed by atoms with Gasteiger partial charge in [0, 0.05) is 16.7 Å². The summed E-state index contributed by atoms with van der Waals surface area (Å²) in [6.45, 7) is 0. The van der Waals surface area contributed by atoms with Gasteiger partial charge >= 0.3 is 0 Å². The van der Waals surface area contributed by atoms with E-state index in [1.807, 2.05) is 54.6 Å². The fourth-order valence-electron chi connectivity index (χ4n) is 8.59. The molecule has 7 rings (SSSR count). The summed E-state index contributed by atoms with van der Waals surface area (Å²) in [5.41, 5.74) is 5.21. The number of hydrogen-bond acceptors (Lipinski definition) is 3. The summed E-state index contributed by atoms with van der Waals surface area (Å²) in [5.74, 6) is 0.468.